The minimum Gasteiger partial charge on any atom is -0.493 e. The van der Waals surface area contributed by atoms with Crippen molar-refractivity contribution in [3.63, 3.8) is 0 Å². The molecule has 0 bridgehead atoms. The monoisotopic (exact) mass is 520 g/mol. The quantitative estimate of drug-likeness (QED) is 0.294. The second-order valence-electron chi connectivity index (χ2n) is 6.50. The van der Waals surface area contributed by atoms with E-state index in [0.717, 1.165) is 10.0 Å². The number of fused-ring (bicyclic) bond motifs is 1. The van der Waals surface area contributed by atoms with Gasteiger partial charge in [-0.3, -0.25) is 9.59 Å². The van der Waals surface area contributed by atoms with Gasteiger partial charge < -0.3 is 24.8 Å². The van der Waals surface area contributed by atoms with E-state index >= 15 is 0 Å². The molecule has 1 amide bonds. The molecule has 2 aromatic carbocycles. The van der Waals surface area contributed by atoms with Gasteiger partial charge in [-0.05, 0) is 24.3 Å². The molecule has 180 valence electrons. The van der Waals surface area contributed by atoms with E-state index in [1.807, 2.05) is 27.7 Å². The fraction of sp³-hybridized carbons (Fsp3) is 0.360. The molecule has 33 heavy (non-hydrogen) atoms. The average molecular weight is 521 g/mol. The van der Waals surface area contributed by atoms with E-state index in [4.69, 9.17) is 19.9 Å². The van der Waals surface area contributed by atoms with Gasteiger partial charge in [-0.25, -0.2) is 0 Å². The molecule has 1 aliphatic heterocycles. The molecule has 0 aromatic heterocycles. The molecule has 2 aromatic rings. The molecule has 1 aliphatic rings. The van der Waals surface area contributed by atoms with Crippen LogP contribution in [0.5, 0.6) is 17.2 Å². The number of rotatable bonds is 7. The molecule has 0 saturated carbocycles. The lowest BCUT2D eigenvalue weighted by molar-refractivity contribution is 0.0789. The van der Waals surface area contributed by atoms with Gasteiger partial charge in [0.25, 0.3) is 5.91 Å². The Bertz CT molecular complexity index is 995. The molecule has 0 saturated heterocycles. The molecule has 0 radical (unpaired) electrons. The Morgan fingerprint density at radius 3 is 2.06 bits per heavy atom. The molecule has 0 unspecified atom stereocenters. The number of nitrogens with two attached hydrogens (primary N) is 1. The van der Waals surface area contributed by atoms with Crippen molar-refractivity contribution in [2.75, 3.05) is 33.6 Å². The molecule has 0 fully saturated rings. The van der Waals surface area contributed by atoms with E-state index in [1.54, 1.807) is 29.2 Å². The third-order valence-electron chi connectivity index (χ3n) is 4.77. The predicted molar refractivity (Wildman–Crippen MR) is 136 cm³/mol. The van der Waals surface area contributed by atoms with Crippen LogP contribution in [0.1, 0.15) is 54.0 Å². The maximum atomic E-state index is 13.0. The van der Waals surface area contributed by atoms with Crippen molar-refractivity contribution in [2.45, 2.75) is 34.2 Å². The van der Waals surface area contributed by atoms with E-state index in [1.165, 1.54) is 21.3 Å². The average Bonchev–Trinajstić information content (AvgIpc) is 3.19. The van der Waals surface area contributed by atoms with Crippen LogP contribution in [-0.4, -0.2) is 44.5 Å². The van der Waals surface area contributed by atoms with Gasteiger partial charge in [0.05, 0.1) is 26.9 Å². The first-order chi connectivity index (χ1) is 15.8. The van der Waals surface area contributed by atoms with Crippen LogP contribution in [0.3, 0.4) is 0 Å². The summed E-state index contributed by atoms with van der Waals surface area (Å²) < 4.78 is 16.7. The van der Waals surface area contributed by atoms with Crippen molar-refractivity contribution in [3.05, 3.63) is 57.6 Å². The van der Waals surface area contributed by atoms with Crippen LogP contribution in [0.2, 0.25) is 0 Å². The topological polar surface area (TPSA) is 91.1 Å². The number of Topliss-reactive ketones (excluding diaryl/α,β-unsaturated/α-hetero) is 1. The van der Waals surface area contributed by atoms with Crippen LogP contribution >= 0.6 is 15.9 Å². The number of carbonyl (C=O) groups is 2. The third kappa shape index (κ3) is 5.87. The zero-order valence-electron chi connectivity index (χ0n) is 20.4. The predicted octanol–water partition coefficient (Wildman–Crippen LogP) is 5.50. The Kier molecular flexibility index (Phi) is 10.9. The Morgan fingerprint density at radius 2 is 1.61 bits per heavy atom. The number of hydrogen-bond donors (Lipinski definition) is 1. The van der Waals surface area contributed by atoms with Crippen molar-refractivity contribution in [1.29, 1.82) is 0 Å². The van der Waals surface area contributed by atoms with Gasteiger partial charge in [-0.1, -0.05) is 50.2 Å². The fourth-order valence-electron chi connectivity index (χ4n) is 3.31. The van der Waals surface area contributed by atoms with Crippen LogP contribution in [-0.2, 0) is 6.54 Å². The first-order valence-electron chi connectivity index (χ1n) is 10.7. The molecule has 7 nitrogen and oxygen atoms in total. The summed E-state index contributed by atoms with van der Waals surface area (Å²) in [5, 5.41) is 0. The van der Waals surface area contributed by atoms with E-state index in [-0.39, 0.29) is 23.8 Å². The molecule has 2 N–H and O–H groups in total. The number of ether oxygens (including phenoxy) is 3. The van der Waals surface area contributed by atoms with E-state index in [2.05, 4.69) is 22.5 Å². The summed E-state index contributed by atoms with van der Waals surface area (Å²) in [5.41, 5.74) is 8.24. The number of carbonyl (C=O) groups excluding carboxylic acids is 2. The smallest absolute Gasteiger partial charge is 0.256 e. The summed E-state index contributed by atoms with van der Waals surface area (Å²) in [4.78, 5) is 27.3. The summed E-state index contributed by atoms with van der Waals surface area (Å²) in [6.45, 7) is 12.3. The largest absolute Gasteiger partial charge is 0.493 e. The van der Waals surface area contributed by atoms with Gasteiger partial charge in [0.2, 0.25) is 5.75 Å². The van der Waals surface area contributed by atoms with Crippen LogP contribution in [0.25, 0.3) is 0 Å². The van der Waals surface area contributed by atoms with Crippen LogP contribution in [0.4, 0.5) is 5.69 Å². The number of nitrogen functional groups attached to an aromatic ring is 1. The number of benzene rings is 2. The minimum absolute atomic E-state index is 0.0783. The Hall–Kier alpha value is -3.00. The number of amides is 1. The Balaban J connectivity index is 0.00000129. The summed E-state index contributed by atoms with van der Waals surface area (Å²) in [6.07, 6.45) is 0. The Morgan fingerprint density at radius 1 is 1.06 bits per heavy atom. The lowest BCUT2D eigenvalue weighted by Crippen LogP contribution is -2.28. The van der Waals surface area contributed by atoms with E-state index < -0.39 is 0 Å². The van der Waals surface area contributed by atoms with E-state index in [0.29, 0.717) is 40.6 Å². The SMILES string of the molecule is C=C(CN1Cc2c(Br)ccc(N)c2C1=O)C(=O)c1cc(OC)c(OC)c(OC)c1.CC.CC. The molecule has 0 aliphatic carbocycles. The zero-order valence-corrected chi connectivity index (χ0v) is 22.0. The van der Waals surface area contributed by atoms with Gasteiger partial charge in [0.15, 0.2) is 17.3 Å². The first kappa shape index (κ1) is 28.0. The summed E-state index contributed by atoms with van der Waals surface area (Å²) in [5.74, 6) is 0.578. The van der Waals surface area contributed by atoms with Gasteiger partial charge in [0.1, 0.15) is 0 Å². The van der Waals surface area contributed by atoms with Crippen molar-refractivity contribution in [2.24, 2.45) is 0 Å². The van der Waals surface area contributed by atoms with Crippen LogP contribution < -0.4 is 19.9 Å². The highest BCUT2D eigenvalue weighted by molar-refractivity contribution is 9.10. The molecular weight excluding hydrogens is 488 g/mol. The van der Waals surface area contributed by atoms with E-state index in [9.17, 15) is 9.59 Å². The van der Waals surface area contributed by atoms with Gasteiger partial charge in [0, 0.05) is 39.9 Å². The summed E-state index contributed by atoms with van der Waals surface area (Å²) >= 11 is 3.45. The maximum Gasteiger partial charge on any atom is 0.256 e. The van der Waals surface area contributed by atoms with Gasteiger partial charge in [-0.15, -0.1) is 0 Å². The summed E-state index contributed by atoms with van der Waals surface area (Å²) in [6, 6.07) is 6.61. The third-order valence-corrected chi connectivity index (χ3v) is 5.51. The zero-order chi connectivity index (χ0) is 25.3. The Labute approximate surface area is 204 Å². The summed E-state index contributed by atoms with van der Waals surface area (Å²) in [7, 11) is 4.44. The van der Waals surface area contributed by atoms with Crippen LogP contribution in [0.15, 0.2) is 40.9 Å². The second kappa shape index (κ2) is 12.9. The highest BCUT2D eigenvalue weighted by Crippen LogP contribution is 2.39. The maximum absolute atomic E-state index is 13.0. The second-order valence-corrected chi connectivity index (χ2v) is 7.35. The highest BCUT2D eigenvalue weighted by atomic mass is 79.9. The number of hydrogen-bond acceptors (Lipinski definition) is 6. The van der Waals surface area contributed by atoms with Crippen molar-refractivity contribution < 1.29 is 23.8 Å². The lowest BCUT2D eigenvalue weighted by Gasteiger charge is -2.18. The molecule has 0 atom stereocenters. The molecule has 1 heterocycles. The number of methoxy groups -OCH3 is 3. The number of halogens is 1. The van der Waals surface area contributed by atoms with Crippen molar-refractivity contribution in [1.82, 2.24) is 4.90 Å². The lowest BCUT2D eigenvalue weighted by atomic mass is 10.0. The number of ketones is 1. The van der Waals surface area contributed by atoms with Crippen molar-refractivity contribution in [3.8, 4) is 17.2 Å². The number of anilines is 1. The highest BCUT2D eigenvalue weighted by Gasteiger charge is 2.32. The molecule has 3 rings (SSSR count). The first-order valence-corrected chi connectivity index (χ1v) is 11.5. The molecule has 8 heteroatoms. The van der Waals surface area contributed by atoms with Gasteiger partial charge in [-0.2, -0.15) is 0 Å². The van der Waals surface area contributed by atoms with Gasteiger partial charge >= 0.3 is 0 Å². The standard InChI is InChI=1S/C21H21BrN2O5.2C2H6/c1-11(9-24-10-13-14(22)5-6-15(23)18(13)21(24)26)19(25)12-7-16(27-2)20(29-4)17(8-12)28-3;2*1-2/h5-8H,1,9-10,23H2,2-4H3;2*1-2H3. The molecular formula is C25H33BrN2O5. The molecule has 0 spiro atoms. The van der Waals surface area contributed by atoms with Crippen molar-refractivity contribution >= 4 is 33.3 Å². The fourth-order valence-corrected chi connectivity index (χ4v) is 3.77. The number of nitrogens with zero attached hydrogens (tertiary/aromatic N) is 1. The van der Waals surface area contributed by atoms with Crippen LogP contribution in [0, 0.1) is 0 Å². The minimum atomic E-state index is -0.319. The normalized spacial score (nSPS) is 11.4.